The van der Waals surface area contributed by atoms with Crippen molar-refractivity contribution in [3.05, 3.63) is 30.3 Å². The fourth-order valence-corrected chi connectivity index (χ4v) is 2.51. The minimum absolute atomic E-state index is 0. The first-order valence-corrected chi connectivity index (χ1v) is 10.3. The van der Waals surface area contributed by atoms with Gasteiger partial charge < -0.3 is 24.9 Å². The molecule has 0 heterocycles. The first-order valence-electron chi connectivity index (χ1n) is 10.3. The van der Waals surface area contributed by atoms with Crippen molar-refractivity contribution in [1.82, 2.24) is 9.80 Å². The molecule has 0 radical (unpaired) electrons. The van der Waals surface area contributed by atoms with Crippen molar-refractivity contribution in [2.45, 2.75) is 47.5 Å². The summed E-state index contributed by atoms with van der Waals surface area (Å²) in [6, 6.07) is 10.2. The molecule has 5 nitrogen and oxygen atoms in total. The second kappa shape index (κ2) is 23.9. The highest BCUT2D eigenvalue weighted by molar-refractivity contribution is 5.45. The summed E-state index contributed by atoms with van der Waals surface area (Å²) in [6.45, 7) is 11.8. The fourth-order valence-electron chi connectivity index (χ4n) is 2.51. The maximum Gasteiger partial charge on any atom is 0.0606 e. The summed E-state index contributed by atoms with van der Waals surface area (Å²) in [5.41, 5.74) is 1.19. The van der Waals surface area contributed by atoms with Crippen molar-refractivity contribution in [1.29, 1.82) is 0 Å². The van der Waals surface area contributed by atoms with E-state index in [9.17, 15) is 0 Å². The fraction of sp³-hybridized carbons (Fsp3) is 0.739. The largest absolute Gasteiger partial charge is 0.395 e. The van der Waals surface area contributed by atoms with Crippen molar-refractivity contribution in [2.24, 2.45) is 0 Å². The van der Waals surface area contributed by atoms with Crippen LogP contribution in [-0.2, 0) is 0 Å². The quantitative estimate of drug-likeness (QED) is 0.592. The highest BCUT2D eigenvalue weighted by atomic mass is 16.3. The van der Waals surface area contributed by atoms with Crippen LogP contribution in [0.15, 0.2) is 30.3 Å². The van der Waals surface area contributed by atoms with Crippen molar-refractivity contribution in [3.8, 4) is 0 Å². The molecule has 1 aromatic rings. The van der Waals surface area contributed by atoms with Crippen LogP contribution in [0.5, 0.6) is 0 Å². The van der Waals surface area contributed by atoms with Gasteiger partial charge in [0.2, 0.25) is 0 Å². The SMILES string of the molecule is C.CCCN(C)C.CCCN(C)CCO.CCCN(CCO)c1ccccc1. The third-order valence-corrected chi connectivity index (χ3v) is 3.74. The molecule has 0 bridgehead atoms. The van der Waals surface area contributed by atoms with Gasteiger partial charge in [-0.05, 0) is 65.6 Å². The predicted octanol–water partition coefficient (Wildman–Crippen LogP) is 3.81. The Labute approximate surface area is 176 Å². The number of anilines is 1. The number of benzene rings is 1. The molecule has 0 aliphatic carbocycles. The van der Waals surface area contributed by atoms with Gasteiger partial charge in [0.15, 0.2) is 0 Å². The molecule has 0 atom stereocenters. The molecule has 0 saturated heterocycles. The van der Waals surface area contributed by atoms with Gasteiger partial charge in [-0.25, -0.2) is 0 Å². The lowest BCUT2D eigenvalue weighted by molar-refractivity contribution is 0.222. The van der Waals surface area contributed by atoms with Gasteiger partial charge in [0.05, 0.1) is 13.2 Å². The van der Waals surface area contributed by atoms with Crippen molar-refractivity contribution < 1.29 is 10.2 Å². The summed E-state index contributed by atoms with van der Waals surface area (Å²) >= 11 is 0. The number of aliphatic hydroxyl groups is 2. The Morgan fingerprint density at radius 1 is 0.679 bits per heavy atom. The third-order valence-electron chi connectivity index (χ3n) is 3.74. The van der Waals surface area contributed by atoms with Crippen LogP contribution >= 0.6 is 0 Å². The van der Waals surface area contributed by atoms with E-state index < -0.39 is 0 Å². The zero-order valence-electron chi connectivity index (χ0n) is 18.7. The number of para-hydroxylation sites is 1. The van der Waals surface area contributed by atoms with Gasteiger partial charge in [-0.3, -0.25) is 0 Å². The van der Waals surface area contributed by atoms with Crippen LogP contribution in [0.3, 0.4) is 0 Å². The van der Waals surface area contributed by atoms with Crippen LogP contribution in [0.2, 0.25) is 0 Å². The van der Waals surface area contributed by atoms with Gasteiger partial charge in [0.1, 0.15) is 0 Å². The molecule has 1 aromatic carbocycles. The van der Waals surface area contributed by atoms with E-state index in [0.717, 1.165) is 39.0 Å². The van der Waals surface area contributed by atoms with Crippen LogP contribution in [0.1, 0.15) is 47.5 Å². The molecule has 0 amide bonds. The van der Waals surface area contributed by atoms with E-state index in [2.05, 4.69) is 61.7 Å². The lowest BCUT2D eigenvalue weighted by Gasteiger charge is -2.22. The maximum atomic E-state index is 8.88. The lowest BCUT2D eigenvalue weighted by atomic mass is 10.2. The molecule has 1 rings (SSSR count). The molecule has 0 aliphatic rings. The molecule has 0 fully saturated rings. The lowest BCUT2D eigenvalue weighted by Crippen LogP contribution is -2.27. The average Bonchev–Trinajstić information content (AvgIpc) is 2.64. The highest BCUT2D eigenvalue weighted by Gasteiger charge is 2.02. The topological polar surface area (TPSA) is 50.2 Å². The summed E-state index contributed by atoms with van der Waals surface area (Å²) in [4.78, 5) is 6.49. The van der Waals surface area contributed by atoms with E-state index in [4.69, 9.17) is 10.2 Å². The Morgan fingerprint density at radius 2 is 1.18 bits per heavy atom. The Kier molecular flexibility index (Phi) is 26.9. The molecular weight excluding hydrogens is 350 g/mol. The van der Waals surface area contributed by atoms with Crippen molar-refractivity contribution in [2.75, 3.05) is 72.0 Å². The minimum Gasteiger partial charge on any atom is -0.395 e. The molecule has 0 unspecified atom stereocenters. The summed E-state index contributed by atoms with van der Waals surface area (Å²) in [6.07, 6.45) is 3.53. The summed E-state index contributed by atoms with van der Waals surface area (Å²) in [5, 5.41) is 17.3. The summed E-state index contributed by atoms with van der Waals surface area (Å²) in [5.74, 6) is 0. The molecule has 2 N–H and O–H groups in total. The van der Waals surface area contributed by atoms with Crippen molar-refractivity contribution >= 4 is 5.69 Å². The van der Waals surface area contributed by atoms with E-state index in [1.165, 1.54) is 18.7 Å². The van der Waals surface area contributed by atoms with E-state index in [1.54, 1.807) is 0 Å². The van der Waals surface area contributed by atoms with E-state index in [1.807, 2.05) is 25.2 Å². The highest BCUT2D eigenvalue weighted by Crippen LogP contribution is 2.12. The Morgan fingerprint density at radius 3 is 1.54 bits per heavy atom. The summed E-state index contributed by atoms with van der Waals surface area (Å²) in [7, 11) is 6.19. The molecule has 0 saturated carbocycles. The summed E-state index contributed by atoms with van der Waals surface area (Å²) < 4.78 is 0. The number of nitrogens with zero attached hydrogens (tertiary/aromatic N) is 3. The monoisotopic (exact) mass is 399 g/mol. The molecule has 0 spiro atoms. The normalized spacial score (nSPS) is 9.79. The number of hydrogen-bond acceptors (Lipinski definition) is 5. The zero-order chi connectivity index (χ0) is 20.9. The zero-order valence-corrected chi connectivity index (χ0v) is 18.7. The predicted molar refractivity (Wildman–Crippen MR) is 126 cm³/mol. The molecule has 0 aliphatic heterocycles. The smallest absolute Gasteiger partial charge is 0.0606 e. The van der Waals surface area contributed by atoms with Crippen LogP contribution in [0.4, 0.5) is 5.69 Å². The molecule has 28 heavy (non-hydrogen) atoms. The van der Waals surface area contributed by atoms with Gasteiger partial charge in [-0.2, -0.15) is 0 Å². The van der Waals surface area contributed by atoms with Crippen molar-refractivity contribution in [3.63, 3.8) is 0 Å². The minimum atomic E-state index is 0. The average molecular weight is 400 g/mol. The van der Waals surface area contributed by atoms with Crippen LogP contribution in [0.25, 0.3) is 0 Å². The van der Waals surface area contributed by atoms with Gasteiger partial charge >= 0.3 is 0 Å². The first-order chi connectivity index (χ1) is 13.0. The second-order valence-electron chi connectivity index (χ2n) is 6.88. The Balaban J connectivity index is -0.000000361. The van der Waals surface area contributed by atoms with Crippen LogP contribution in [0, 0.1) is 0 Å². The standard InChI is InChI=1S/C11H17NO.C6H15NO.C5H13N.CH4/c1-2-8-12(9-10-13)11-6-4-3-5-7-11;1-3-4-7(2)5-6-8;1-4-5-6(2)3;/h3-7,13H,2,8-10H2,1H3;8H,3-6H2,1-2H3;4-5H2,1-3H3;1H4. The molecule has 168 valence electrons. The van der Waals surface area contributed by atoms with E-state index in [-0.39, 0.29) is 20.6 Å². The number of likely N-dealkylation sites (N-methyl/N-ethyl adjacent to an activating group) is 1. The Hall–Kier alpha value is -1.14. The van der Waals surface area contributed by atoms with Gasteiger partial charge in [-0.15, -0.1) is 0 Å². The van der Waals surface area contributed by atoms with Gasteiger partial charge in [-0.1, -0.05) is 46.4 Å². The van der Waals surface area contributed by atoms with Gasteiger partial charge in [0, 0.05) is 25.3 Å². The number of hydrogen-bond donors (Lipinski definition) is 2. The van der Waals surface area contributed by atoms with E-state index >= 15 is 0 Å². The molecule has 5 heteroatoms. The second-order valence-corrected chi connectivity index (χ2v) is 6.88. The van der Waals surface area contributed by atoms with Crippen LogP contribution in [-0.4, -0.2) is 87.1 Å². The Bertz CT molecular complexity index is 377. The van der Waals surface area contributed by atoms with Gasteiger partial charge in [0.25, 0.3) is 0 Å². The maximum absolute atomic E-state index is 8.88. The number of aliphatic hydroxyl groups excluding tert-OH is 2. The number of rotatable bonds is 11. The molecular formula is C23H49N3O2. The molecule has 0 aromatic heterocycles. The first kappa shape index (κ1) is 31.6. The third kappa shape index (κ3) is 21.2. The van der Waals surface area contributed by atoms with Crippen LogP contribution < -0.4 is 4.90 Å². The van der Waals surface area contributed by atoms with E-state index in [0.29, 0.717) is 0 Å².